The van der Waals surface area contributed by atoms with Crippen molar-refractivity contribution in [1.82, 2.24) is 0 Å². The Labute approximate surface area is 185 Å². The zero-order valence-electron chi connectivity index (χ0n) is 18.0. The predicted octanol–water partition coefficient (Wildman–Crippen LogP) is 0.676. The molecule has 0 aliphatic carbocycles. The van der Waals surface area contributed by atoms with Gasteiger partial charge in [0.2, 0.25) is 5.75 Å². The van der Waals surface area contributed by atoms with Crippen molar-refractivity contribution in [2.75, 3.05) is 6.61 Å². The molecule has 0 saturated carbocycles. The van der Waals surface area contributed by atoms with Gasteiger partial charge in [-0.3, -0.25) is 4.79 Å². The number of phenols is 3. The second kappa shape index (κ2) is 11.5. The molecule has 0 spiro atoms. The lowest BCUT2D eigenvalue weighted by Crippen LogP contribution is -2.60. The highest BCUT2D eigenvalue weighted by Crippen LogP contribution is 2.38. The highest BCUT2D eigenvalue weighted by molar-refractivity contribution is 5.67. The smallest absolute Gasteiger partial charge is 0.303 e. The molecular formula is C21H32O11. The Hall–Kier alpha value is -2.31. The summed E-state index contributed by atoms with van der Waals surface area (Å²) in [7, 11) is 0. The van der Waals surface area contributed by atoms with Crippen LogP contribution >= 0.6 is 0 Å². The van der Waals surface area contributed by atoms with Gasteiger partial charge in [0.05, 0.1) is 12.5 Å². The third-order valence-corrected chi connectivity index (χ3v) is 5.41. The van der Waals surface area contributed by atoms with Crippen molar-refractivity contribution in [3.05, 3.63) is 12.1 Å². The third kappa shape index (κ3) is 6.59. The number of aliphatic carboxylic acids is 1. The number of ether oxygens (including phenoxy) is 3. The van der Waals surface area contributed by atoms with Crippen molar-refractivity contribution < 1.29 is 54.8 Å². The molecule has 1 aromatic rings. The van der Waals surface area contributed by atoms with Crippen LogP contribution in [0.3, 0.4) is 0 Å². The van der Waals surface area contributed by atoms with Crippen LogP contribution in [0.15, 0.2) is 12.1 Å². The van der Waals surface area contributed by atoms with Gasteiger partial charge in [0.15, 0.2) is 17.8 Å². The quantitative estimate of drug-likeness (QED) is 0.230. The van der Waals surface area contributed by atoms with Crippen molar-refractivity contribution in [3.63, 3.8) is 0 Å². The Bertz CT molecular complexity index is 732. The van der Waals surface area contributed by atoms with Gasteiger partial charge in [-0.15, -0.1) is 0 Å². The average molecular weight is 460 g/mol. The van der Waals surface area contributed by atoms with E-state index in [0.29, 0.717) is 6.42 Å². The minimum atomic E-state index is -1.62. The number of carboxylic acid groups (broad SMARTS) is 1. The molecule has 1 fully saturated rings. The Morgan fingerprint density at radius 1 is 1.09 bits per heavy atom. The van der Waals surface area contributed by atoms with E-state index in [1.165, 1.54) is 0 Å². The van der Waals surface area contributed by atoms with E-state index in [2.05, 4.69) is 0 Å². The van der Waals surface area contributed by atoms with Crippen molar-refractivity contribution >= 4 is 5.97 Å². The Morgan fingerprint density at radius 3 is 2.28 bits per heavy atom. The summed E-state index contributed by atoms with van der Waals surface area (Å²) in [6, 6.07) is 2.08. The first kappa shape index (κ1) is 25.9. The normalized spacial score (nSPS) is 27.6. The minimum Gasteiger partial charge on any atom is -0.504 e. The number of hydrogen-bond donors (Lipinski definition) is 7. The number of phenolic OH excluding ortho intramolecular Hbond substituents is 3. The maximum atomic E-state index is 11.1. The summed E-state index contributed by atoms with van der Waals surface area (Å²) < 4.78 is 16.9. The third-order valence-electron chi connectivity index (χ3n) is 5.41. The molecule has 0 bridgehead atoms. The van der Waals surface area contributed by atoms with Crippen LogP contribution in [0, 0.1) is 5.92 Å². The van der Waals surface area contributed by atoms with Gasteiger partial charge in [0.25, 0.3) is 0 Å². The topological polar surface area (TPSA) is 186 Å². The molecule has 1 heterocycles. The van der Waals surface area contributed by atoms with E-state index in [1.807, 2.05) is 6.92 Å². The van der Waals surface area contributed by atoms with Crippen LogP contribution in [-0.2, 0) is 14.3 Å². The average Bonchev–Trinajstić information content (AvgIpc) is 2.73. The summed E-state index contributed by atoms with van der Waals surface area (Å²) >= 11 is 0. The van der Waals surface area contributed by atoms with Crippen molar-refractivity contribution in [2.24, 2.45) is 5.92 Å². The Kier molecular flexibility index (Phi) is 9.34. The standard InChI is InChI=1S/C21H32O11/c1-3-4-5-14(10(2)6-16(24)25)31-21-20(29)19(28)18(27)15(32-21)9-30-11-7-12(22)17(26)13(23)8-11/h7-8,10,14-15,18-23,26-29H,3-6,9H2,1-2H3,(H,24,25)/t10-,14-,15+,18+,19-,20+,21+/m0/s1. The summed E-state index contributed by atoms with van der Waals surface area (Å²) in [5.41, 5.74) is 0. The van der Waals surface area contributed by atoms with E-state index < -0.39 is 65.9 Å². The van der Waals surface area contributed by atoms with E-state index in [0.717, 1.165) is 25.0 Å². The van der Waals surface area contributed by atoms with Gasteiger partial charge in [-0.25, -0.2) is 0 Å². The van der Waals surface area contributed by atoms with Gasteiger partial charge < -0.3 is 50.0 Å². The Balaban J connectivity index is 2.10. The summed E-state index contributed by atoms with van der Waals surface area (Å²) in [6.07, 6.45) is -5.84. The summed E-state index contributed by atoms with van der Waals surface area (Å²) in [5, 5.41) is 68.5. The fourth-order valence-electron chi connectivity index (χ4n) is 3.48. The molecule has 182 valence electrons. The molecule has 0 amide bonds. The van der Waals surface area contributed by atoms with Gasteiger partial charge in [0, 0.05) is 12.1 Å². The number of rotatable bonds is 11. The fourth-order valence-corrected chi connectivity index (χ4v) is 3.48. The molecule has 32 heavy (non-hydrogen) atoms. The number of carboxylic acids is 1. The maximum Gasteiger partial charge on any atom is 0.303 e. The second-order valence-electron chi connectivity index (χ2n) is 8.03. The molecule has 0 aromatic heterocycles. The molecular weight excluding hydrogens is 428 g/mol. The van der Waals surface area contributed by atoms with Crippen LogP contribution in [-0.4, -0.2) is 85.1 Å². The first-order chi connectivity index (χ1) is 15.0. The predicted molar refractivity (Wildman–Crippen MR) is 109 cm³/mol. The molecule has 2 rings (SSSR count). The van der Waals surface area contributed by atoms with E-state index in [-0.39, 0.29) is 18.8 Å². The molecule has 0 unspecified atom stereocenters. The molecule has 11 nitrogen and oxygen atoms in total. The molecule has 7 atom stereocenters. The number of hydrogen-bond acceptors (Lipinski definition) is 10. The number of aliphatic hydroxyl groups excluding tert-OH is 3. The monoisotopic (exact) mass is 460 g/mol. The number of aliphatic hydroxyl groups is 3. The van der Waals surface area contributed by atoms with Crippen LogP contribution in [0.25, 0.3) is 0 Å². The van der Waals surface area contributed by atoms with Crippen LogP contribution in [0.1, 0.15) is 39.5 Å². The first-order valence-electron chi connectivity index (χ1n) is 10.5. The van der Waals surface area contributed by atoms with Crippen molar-refractivity contribution in [1.29, 1.82) is 0 Å². The SMILES string of the molecule is CCCC[C@H](O[C@@H]1O[C@H](COc2cc(O)c(O)c(O)c2)[C@@H](O)[C@H](O)[C@H]1O)[C@@H](C)CC(=O)O. The van der Waals surface area contributed by atoms with Gasteiger partial charge in [-0.05, 0) is 12.3 Å². The zero-order chi connectivity index (χ0) is 24.0. The largest absolute Gasteiger partial charge is 0.504 e. The van der Waals surface area contributed by atoms with E-state index in [9.17, 15) is 35.4 Å². The molecule has 11 heteroatoms. The van der Waals surface area contributed by atoms with Crippen LogP contribution in [0.2, 0.25) is 0 Å². The number of benzene rings is 1. The van der Waals surface area contributed by atoms with Gasteiger partial charge in [-0.2, -0.15) is 0 Å². The summed E-state index contributed by atoms with van der Waals surface area (Å²) in [4.78, 5) is 11.1. The second-order valence-corrected chi connectivity index (χ2v) is 8.03. The number of carbonyl (C=O) groups is 1. The van der Waals surface area contributed by atoms with Crippen molar-refractivity contribution in [3.8, 4) is 23.0 Å². The Morgan fingerprint density at radius 2 is 1.72 bits per heavy atom. The van der Waals surface area contributed by atoms with Crippen LogP contribution < -0.4 is 4.74 Å². The lowest BCUT2D eigenvalue weighted by molar-refractivity contribution is -0.314. The van der Waals surface area contributed by atoms with E-state index in [1.54, 1.807) is 6.92 Å². The molecule has 7 N–H and O–H groups in total. The maximum absolute atomic E-state index is 11.1. The zero-order valence-corrected chi connectivity index (χ0v) is 18.0. The van der Waals surface area contributed by atoms with Gasteiger partial charge >= 0.3 is 5.97 Å². The minimum absolute atomic E-state index is 0.0393. The van der Waals surface area contributed by atoms with E-state index >= 15 is 0 Å². The highest BCUT2D eigenvalue weighted by Gasteiger charge is 2.45. The van der Waals surface area contributed by atoms with Crippen molar-refractivity contribution in [2.45, 2.75) is 76.3 Å². The molecule has 1 aromatic carbocycles. The lowest BCUT2D eigenvalue weighted by atomic mass is 9.95. The molecule has 1 aliphatic rings. The first-order valence-corrected chi connectivity index (χ1v) is 10.5. The van der Waals surface area contributed by atoms with E-state index in [4.69, 9.17) is 19.3 Å². The number of unbranched alkanes of at least 4 members (excludes halogenated alkanes) is 1. The lowest BCUT2D eigenvalue weighted by Gasteiger charge is -2.42. The summed E-state index contributed by atoms with van der Waals surface area (Å²) in [5.74, 6) is -3.37. The van der Waals surface area contributed by atoms with Gasteiger partial charge in [0.1, 0.15) is 36.8 Å². The van der Waals surface area contributed by atoms with Gasteiger partial charge in [-0.1, -0.05) is 26.7 Å². The van der Waals surface area contributed by atoms with Crippen LogP contribution in [0.5, 0.6) is 23.0 Å². The fraction of sp³-hybridized carbons (Fsp3) is 0.667. The molecule has 0 radical (unpaired) electrons. The summed E-state index contributed by atoms with van der Waals surface area (Å²) in [6.45, 7) is 3.33. The van der Waals surface area contributed by atoms with Crippen LogP contribution in [0.4, 0.5) is 0 Å². The molecule has 1 saturated heterocycles. The molecule has 1 aliphatic heterocycles. The highest BCUT2D eigenvalue weighted by atomic mass is 16.7. The number of aromatic hydroxyl groups is 3.